The third kappa shape index (κ3) is 4.91. The molecule has 0 spiro atoms. The van der Waals surface area contributed by atoms with Crippen molar-refractivity contribution in [2.75, 3.05) is 26.4 Å². The van der Waals surface area contributed by atoms with Crippen LogP contribution in [0.4, 0.5) is 0 Å². The number of hydrogen-bond acceptors (Lipinski definition) is 4. The van der Waals surface area contributed by atoms with E-state index >= 15 is 0 Å². The minimum absolute atomic E-state index is 0.257. The van der Waals surface area contributed by atoms with E-state index in [1.54, 1.807) is 0 Å². The summed E-state index contributed by atoms with van der Waals surface area (Å²) in [6, 6.07) is 0. The fourth-order valence-corrected chi connectivity index (χ4v) is 1.75. The first kappa shape index (κ1) is 14.3. The van der Waals surface area contributed by atoms with Crippen LogP contribution in [0.2, 0.25) is 0 Å². The van der Waals surface area contributed by atoms with Crippen molar-refractivity contribution in [1.29, 1.82) is 0 Å². The molecular weight excluding hydrogens is 220 g/mol. The Morgan fingerprint density at radius 3 is 2.71 bits per heavy atom. The lowest BCUT2D eigenvalue weighted by Crippen LogP contribution is -2.33. The van der Waals surface area contributed by atoms with Gasteiger partial charge < -0.3 is 20.4 Å². The summed E-state index contributed by atoms with van der Waals surface area (Å²) in [6.45, 7) is 7.02. The van der Waals surface area contributed by atoms with Crippen molar-refractivity contribution in [3.8, 4) is 0 Å². The van der Waals surface area contributed by atoms with Gasteiger partial charge >= 0.3 is 0 Å². The van der Waals surface area contributed by atoms with Crippen LogP contribution in [-0.2, 0) is 9.47 Å². The van der Waals surface area contributed by atoms with Crippen molar-refractivity contribution < 1.29 is 14.7 Å². The monoisotopic (exact) mass is 244 g/mol. The molecule has 1 aliphatic rings. The van der Waals surface area contributed by atoms with Gasteiger partial charge in [0.25, 0.3) is 0 Å². The molecule has 100 valence electrons. The summed E-state index contributed by atoms with van der Waals surface area (Å²) in [5.41, 5.74) is 5.29. The Balaban J connectivity index is 2.14. The van der Waals surface area contributed by atoms with E-state index in [1.807, 2.05) is 13.8 Å². The lowest BCUT2D eigenvalue weighted by Gasteiger charge is -2.24. The van der Waals surface area contributed by atoms with Gasteiger partial charge in [-0.3, -0.25) is 0 Å². The van der Waals surface area contributed by atoms with Crippen LogP contribution in [-0.4, -0.2) is 37.5 Å². The Labute approximate surface area is 103 Å². The molecule has 0 radical (unpaired) electrons. The fourth-order valence-electron chi connectivity index (χ4n) is 1.75. The van der Waals surface area contributed by atoms with Crippen LogP contribution in [0.5, 0.6) is 0 Å². The molecule has 0 atom stereocenters. The average Bonchev–Trinajstić information content (AvgIpc) is 2.35. The van der Waals surface area contributed by atoms with Crippen LogP contribution in [0.15, 0.2) is 5.16 Å². The van der Waals surface area contributed by atoms with E-state index in [1.165, 1.54) is 0 Å². The molecule has 0 aromatic carbocycles. The molecule has 0 aliphatic carbocycles. The second-order valence-electron chi connectivity index (χ2n) is 5.25. The summed E-state index contributed by atoms with van der Waals surface area (Å²) in [5, 5.41) is 11.7. The molecule has 1 fully saturated rings. The Morgan fingerprint density at radius 2 is 2.12 bits per heavy atom. The fraction of sp³-hybridized carbons (Fsp3) is 0.917. The number of nitrogens with two attached hydrogens (primary N) is 1. The molecule has 0 amide bonds. The highest BCUT2D eigenvalue weighted by atomic mass is 16.5. The van der Waals surface area contributed by atoms with Gasteiger partial charge in [-0.15, -0.1) is 0 Å². The predicted octanol–water partition coefficient (Wildman–Crippen LogP) is 1.59. The van der Waals surface area contributed by atoms with Gasteiger partial charge in [0.2, 0.25) is 0 Å². The van der Waals surface area contributed by atoms with Crippen molar-refractivity contribution in [2.45, 2.75) is 33.1 Å². The van der Waals surface area contributed by atoms with E-state index in [0.717, 1.165) is 39.1 Å². The highest BCUT2D eigenvalue weighted by molar-refractivity contribution is 5.85. The van der Waals surface area contributed by atoms with Gasteiger partial charge in [0.05, 0.1) is 0 Å². The van der Waals surface area contributed by atoms with Crippen molar-refractivity contribution in [1.82, 2.24) is 0 Å². The quantitative estimate of drug-likeness (QED) is 0.244. The number of rotatable bonds is 6. The molecule has 17 heavy (non-hydrogen) atoms. The Morgan fingerprint density at radius 1 is 1.47 bits per heavy atom. The first-order chi connectivity index (χ1) is 8.06. The molecular formula is C12H24N2O3. The van der Waals surface area contributed by atoms with Crippen LogP contribution < -0.4 is 5.73 Å². The summed E-state index contributed by atoms with van der Waals surface area (Å²) in [7, 11) is 0. The minimum Gasteiger partial charge on any atom is -0.409 e. The molecule has 1 heterocycles. The lowest BCUT2D eigenvalue weighted by molar-refractivity contribution is 0.0168. The standard InChI is InChI=1S/C12H24N2O3/c1-12(2,11(13)14-15)5-8-17-9-10-3-6-16-7-4-10/h10,15H,3-9H2,1-2H3,(H2,13,14). The average molecular weight is 244 g/mol. The van der Waals surface area contributed by atoms with E-state index in [0.29, 0.717) is 12.5 Å². The molecule has 1 aliphatic heterocycles. The second-order valence-corrected chi connectivity index (χ2v) is 5.25. The van der Waals surface area contributed by atoms with Crippen LogP contribution >= 0.6 is 0 Å². The smallest absolute Gasteiger partial charge is 0.144 e. The summed E-state index contributed by atoms with van der Waals surface area (Å²) in [6.07, 6.45) is 2.93. The molecule has 5 heteroatoms. The Hall–Kier alpha value is -0.810. The zero-order valence-corrected chi connectivity index (χ0v) is 10.8. The van der Waals surface area contributed by atoms with Gasteiger partial charge in [-0.25, -0.2) is 0 Å². The van der Waals surface area contributed by atoms with Gasteiger partial charge in [-0.1, -0.05) is 19.0 Å². The van der Waals surface area contributed by atoms with Gasteiger partial charge in [0.15, 0.2) is 0 Å². The van der Waals surface area contributed by atoms with E-state index < -0.39 is 0 Å². The van der Waals surface area contributed by atoms with E-state index in [9.17, 15) is 0 Å². The van der Waals surface area contributed by atoms with Crippen molar-refractivity contribution in [3.63, 3.8) is 0 Å². The summed E-state index contributed by atoms with van der Waals surface area (Å²) < 4.78 is 10.9. The van der Waals surface area contributed by atoms with E-state index in [-0.39, 0.29) is 11.3 Å². The maximum absolute atomic E-state index is 8.64. The molecule has 0 unspecified atom stereocenters. The molecule has 3 N–H and O–H groups in total. The molecule has 5 nitrogen and oxygen atoms in total. The first-order valence-electron chi connectivity index (χ1n) is 6.20. The highest BCUT2D eigenvalue weighted by Crippen LogP contribution is 2.21. The number of nitrogens with zero attached hydrogens (tertiary/aromatic N) is 1. The van der Waals surface area contributed by atoms with Gasteiger partial charge in [-0.2, -0.15) is 0 Å². The van der Waals surface area contributed by atoms with E-state index in [4.69, 9.17) is 20.4 Å². The lowest BCUT2D eigenvalue weighted by atomic mass is 9.88. The Kier molecular flexibility index (Phi) is 5.71. The topological polar surface area (TPSA) is 77.1 Å². The first-order valence-corrected chi connectivity index (χ1v) is 6.20. The van der Waals surface area contributed by atoms with Crippen LogP contribution in [0.1, 0.15) is 33.1 Å². The maximum Gasteiger partial charge on any atom is 0.144 e. The Bertz CT molecular complexity index is 248. The number of oxime groups is 1. The summed E-state index contributed by atoms with van der Waals surface area (Å²) in [5.74, 6) is 0.878. The van der Waals surface area contributed by atoms with Crippen molar-refractivity contribution in [2.24, 2.45) is 22.2 Å². The third-order valence-corrected chi connectivity index (χ3v) is 3.37. The predicted molar refractivity (Wildman–Crippen MR) is 66.2 cm³/mol. The second kappa shape index (κ2) is 6.81. The molecule has 1 rings (SSSR count). The SMILES string of the molecule is CC(C)(CCOCC1CCOCC1)C(N)=NO. The normalized spacial score (nSPS) is 19.5. The number of ether oxygens (including phenoxy) is 2. The molecule has 0 aromatic heterocycles. The maximum atomic E-state index is 8.64. The van der Waals surface area contributed by atoms with Crippen molar-refractivity contribution >= 4 is 5.84 Å². The zero-order valence-electron chi connectivity index (χ0n) is 10.8. The third-order valence-electron chi connectivity index (χ3n) is 3.37. The number of amidine groups is 1. The van der Waals surface area contributed by atoms with Crippen molar-refractivity contribution in [3.05, 3.63) is 0 Å². The van der Waals surface area contributed by atoms with Gasteiger partial charge in [0, 0.05) is 31.8 Å². The minimum atomic E-state index is -0.315. The zero-order chi connectivity index (χ0) is 12.7. The molecule has 0 saturated carbocycles. The largest absolute Gasteiger partial charge is 0.409 e. The summed E-state index contributed by atoms with van der Waals surface area (Å²) in [4.78, 5) is 0. The molecule has 1 saturated heterocycles. The van der Waals surface area contributed by atoms with Crippen LogP contribution in [0, 0.1) is 11.3 Å². The van der Waals surface area contributed by atoms with Crippen LogP contribution in [0.25, 0.3) is 0 Å². The van der Waals surface area contributed by atoms with Gasteiger partial charge in [-0.05, 0) is 25.2 Å². The van der Waals surface area contributed by atoms with Gasteiger partial charge in [0.1, 0.15) is 5.84 Å². The molecule has 0 aromatic rings. The molecule has 0 bridgehead atoms. The number of hydrogen-bond donors (Lipinski definition) is 2. The van der Waals surface area contributed by atoms with Crippen LogP contribution in [0.3, 0.4) is 0 Å². The highest BCUT2D eigenvalue weighted by Gasteiger charge is 2.23. The van der Waals surface area contributed by atoms with E-state index in [2.05, 4.69) is 5.16 Å². The summed E-state index contributed by atoms with van der Waals surface area (Å²) >= 11 is 0.